The van der Waals surface area contributed by atoms with Crippen LogP contribution in [0.5, 0.6) is 5.75 Å². The van der Waals surface area contributed by atoms with Crippen molar-refractivity contribution in [2.45, 2.75) is 45.6 Å². The molecular weight excluding hydrogens is 236 g/mol. The second-order valence-electron chi connectivity index (χ2n) is 5.60. The molecule has 0 amide bonds. The number of hydrazine groups is 1. The van der Waals surface area contributed by atoms with E-state index in [4.69, 9.17) is 10.6 Å². The lowest BCUT2D eigenvalue weighted by Crippen LogP contribution is -2.35. The zero-order valence-corrected chi connectivity index (χ0v) is 12.1. The fourth-order valence-electron chi connectivity index (χ4n) is 3.19. The van der Waals surface area contributed by atoms with Crippen molar-refractivity contribution in [3.63, 3.8) is 0 Å². The van der Waals surface area contributed by atoms with Gasteiger partial charge < -0.3 is 4.74 Å². The van der Waals surface area contributed by atoms with Crippen LogP contribution in [0, 0.1) is 11.8 Å². The fraction of sp³-hybridized carbons (Fsp3) is 0.625. The van der Waals surface area contributed by atoms with Gasteiger partial charge in [-0.1, -0.05) is 44.9 Å². The summed E-state index contributed by atoms with van der Waals surface area (Å²) >= 11 is 0. The average molecular weight is 262 g/mol. The molecule has 3 N–H and O–H groups in total. The molecule has 0 heterocycles. The number of nitrogens with one attached hydrogen (secondary N) is 1. The molecule has 0 bridgehead atoms. The van der Waals surface area contributed by atoms with Gasteiger partial charge in [0.15, 0.2) is 0 Å². The highest BCUT2D eigenvalue weighted by Gasteiger charge is 2.32. The summed E-state index contributed by atoms with van der Waals surface area (Å²) in [6.45, 7) is 5.21. The van der Waals surface area contributed by atoms with Crippen LogP contribution in [0.25, 0.3) is 0 Å². The number of hydrogen-bond donors (Lipinski definition) is 2. The van der Waals surface area contributed by atoms with E-state index >= 15 is 0 Å². The molecular formula is C16H26N2O. The summed E-state index contributed by atoms with van der Waals surface area (Å²) in [4.78, 5) is 0. The van der Waals surface area contributed by atoms with E-state index in [-0.39, 0.29) is 6.04 Å². The molecule has 0 radical (unpaired) electrons. The molecule has 1 saturated carbocycles. The molecule has 1 aliphatic carbocycles. The Balaban J connectivity index is 2.22. The van der Waals surface area contributed by atoms with Crippen molar-refractivity contribution in [2.75, 3.05) is 6.61 Å². The number of rotatable bonds is 6. The van der Waals surface area contributed by atoms with Gasteiger partial charge >= 0.3 is 0 Å². The Hall–Kier alpha value is -1.06. The first-order valence-corrected chi connectivity index (χ1v) is 7.45. The van der Waals surface area contributed by atoms with Crippen molar-refractivity contribution in [1.82, 2.24) is 5.43 Å². The predicted octanol–water partition coefficient (Wildman–Crippen LogP) is 3.42. The van der Waals surface area contributed by atoms with E-state index in [1.165, 1.54) is 24.8 Å². The smallest absolute Gasteiger partial charge is 0.124 e. The molecule has 2 rings (SSSR count). The highest BCUT2D eigenvalue weighted by Crippen LogP contribution is 2.41. The van der Waals surface area contributed by atoms with Crippen LogP contribution in [0.1, 0.15) is 51.1 Å². The molecule has 0 aliphatic heterocycles. The Bertz CT molecular complexity index is 394. The summed E-state index contributed by atoms with van der Waals surface area (Å²) < 4.78 is 5.87. The third-order valence-electron chi connectivity index (χ3n) is 4.25. The van der Waals surface area contributed by atoms with E-state index in [0.717, 1.165) is 24.7 Å². The van der Waals surface area contributed by atoms with Gasteiger partial charge in [0.1, 0.15) is 5.75 Å². The van der Waals surface area contributed by atoms with Gasteiger partial charge in [0.05, 0.1) is 12.6 Å². The van der Waals surface area contributed by atoms with Crippen molar-refractivity contribution in [3.8, 4) is 5.75 Å². The Labute approximate surface area is 116 Å². The fourth-order valence-corrected chi connectivity index (χ4v) is 3.19. The van der Waals surface area contributed by atoms with Crippen molar-refractivity contribution in [1.29, 1.82) is 0 Å². The van der Waals surface area contributed by atoms with E-state index in [2.05, 4.69) is 37.5 Å². The molecule has 1 fully saturated rings. The molecule has 1 aromatic carbocycles. The summed E-state index contributed by atoms with van der Waals surface area (Å²) in [6, 6.07) is 8.49. The van der Waals surface area contributed by atoms with Gasteiger partial charge in [-0.25, -0.2) is 0 Å². The predicted molar refractivity (Wildman–Crippen MR) is 78.8 cm³/mol. The molecule has 19 heavy (non-hydrogen) atoms. The third kappa shape index (κ3) is 3.28. The quantitative estimate of drug-likeness (QED) is 0.610. The second-order valence-corrected chi connectivity index (χ2v) is 5.60. The molecule has 0 aromatic heterocycles. The maximum absolute atomic E-state index is 5.87. The first kappa shape index (κ1) is 14.4. The normalized spacial score (nSPS) is 24.4. The van der Waals surface area contributed by atoms with Crippen LogP contribution in [-0.2, 0) is 0 Å². The highest BCUT2D eigenvalue weighted by atomic mass is 16.5. The Morgan fingerprint density at radius 2 is 2.16 bits per heavy atom. The summed E-state index contributed by atoms with van der Waals surface area (Å²) in [5.74, 6) is 8.15. The van der Waals surface area contributed by atoms with E-state index in [0.29, 0.717) is 5.92 Å². The topological polar surface area (TPSA) is 47.3 Å². The lowest BCUT2D eigenvalue weighted by atomic mass is 9.86. The lowest BCUT2D eigenvalue weighted by molar-refractivity contribution is 0.278. The van der Waals surface area contributed by atoms with E-state index in [9.17, 15) is 0 Å². The molecule has 3 unspecified atom stereocenters. The average Bonchev–Trinajstić information content (AvgIpc) is 2.85. The van der Waals surface area contributed by atoms with Gasteiger partial charge in [-0.15, -0.1) is 0 Å². The van der Waals surface area contributed by atoms with Gasteiger partial charge in [0, 0.05) is 5.56 Å². The van der Waals surface area contributed by atoms with Crippen LogP contribution >= 0.6 is 0 Å². The Morgan fingerprint density at radius 3 is 2.79 bits per heavy atom. The molecule has 3 nitrogen and oxygen atoms in total. The van der Waals surface area contributed by atoms with Gasteiger partial charge in [0.2, 0.25) is 0 Å². The number of hydrogen-bond acceptors (Lipinski definition) is 3. The van der Waals surface area contributed by atoms with E-state index in [1.807, 2.05) is 6.07 Å². The van der Waals surface area contributed by atoms with Crippen molar-refractivity contribution < 1.29 is 4.74 Å². The largest absolute Gasteiger partial charge is 0.493 e. The minimum absolute atomic E-state index is 0.200. The number of para-hydroxylation sites is 1. The highest BCUT2D eigenvalue weighted by molar-refractivity contribution is 5.36. The lowest BCUT2D eigenvalue weighted by Gasteiger charge is -2.28. The molecule has 3 atom stereocenters. The number of ether oxygens (including phenoxy) is 1. The summed E-state index contributed by atoms with van der Waals surface area (Å²) in [5, 5.41) is 0. The van der Waals surface area contributed by atoms with Crippen molar-refractivity contribution in [3.05, 3.63) is 29.8 Å². The van der Waals surface area contributed by atoms with Crippen molar-refractivity contribution >= 4 is 0 Å². The summed E-state index contributed by atoms with van der Waals surface area (Å²) in [6.07, 6.45) is 4.88. The molecule has 1 aliphatic rings. The molecule has 106 valence electrons. The Kier molecular flexibility index (Phi) is 5.23. The molecule has 1 aromatic rings. The maximum atomic E-state index is 5.87. The monoisotopic (exact) mass is 262 g/mol. The van der Waals surface area contributed by atoms with Crippen LogP contribution in [0.15, 0.2) is 24.3 Å². The maximum Gasteiger partial charge on any atom is 0.124 e. The second kappa shape index (κ2) is 6.92. The van der Waals surface area contributed by atoms with Gasteiger partial charge in [0.25, 0.3) is 0 Å². The van der Waals surface area contributed by atoms with Crippen LogP contribution < -0.4 is 16.0 Å². The zero-order valence-electron chi connectivity index (χ0n) is 12.1. The van der Waals surface area contributed by atoms with Crippen LogP contribution in [0.2, 0.25) is 0 Å². The number of nitrogens with two attached hydrogens (primary N) is 1. The molecule has 0 spiro atoms. The van der Waals surface area contributed by atoms with Gasteiger partial charge in [-0.05, 0) is 30.7 Å². The standard InChI is InChI=1S/C16H26N2O/c1-3-11-19-15-10-5-4-8-14(15)16(18-17)13-9-6-7-12(13)2/h4-5,8,10,12-13,16,18H,3,6-7,9,11,17H2,1-2H3. The minimum atomic E-state index is 0.200. The van der Waals surface area contributed by atoms with Gasteiger partial charge in [-0.3, -0.25) is 11.3 Å². The van der Waals surface area contributed by atoms with Crippen LogP contribution in [0.4, 0.5) is 0 Å². The first-order valence-electron chi connectivity index (χ1n) is 7.45. The van der Waals surface area contributed by atoms with Crippen molar-refractivity contribution in [2.24, 2.45) is 17.7 Å². The number of benzene rings is 1. The summed E-state index contributed by atoms with van der Waals surface area (Å²) in [5.41, 5.74) is 4.23. The van der Waals surface area contributed by atoms with Crippen LogP contribution in [-0.4, -0.2) is 6.61 Å². The first-order chi connectivity index (χ1) is 9.27. The minimum Gasteiger partial charge on any atom is -0.493 e. The SMILES string of the molecule is CCCOc1ccccc1C(NN)C1CCCC1C. The zero-order chi connectivity index (χ0) is 13.7. The van der Waals surface area contributed by atoms with E-state index < -0.39 is 0 Å². The Morgan fingerprint density at radius 1 is 1.37 bits per heavy atom. The summed E-state index contributed by atoms with van der Waals surface area (Å²) in [7, 11) is 0. The molecule has 0 saturated heterocycles. The van der Waals surface area contributed by atoms with Gasteiger partial charge in [-0.2, -0.15) is 0 Å². The third-order valence-corrected chi connectivity index (χ3v) is 4.25. The van der Waals surface area contributed by atoms with Crippen LogP contribution in [0.3, 0.4) is 0 Å². The van der Waals surface area contributed by atoms with E-state index in [1.54, 1.807) is 0 Å². The molecule has 3 heteroatoms.